The van der Waals surface area contributed by atoms with Crippen molar-refractivity contribution in [1.29, 1.82) is 0 Å². The normalized spacial score (nSPS) is 20.1. The highest BCUT2D eigenvalue weighted by Gasteiger charge is 2.22. The molecule has 9 heteroatoms. The highest BCUT2D eigenvalue weighted by atomic mass is 35.5. The van der Waals surface area contributed by atoms with Crippen LogP contribution in [-0.4, -0.2) is 70.9 Å². The molecule has 0 atom stereocenters. The Morgan fingerprint density at radius 1 is 0.975 bits per heavy atom. The topological polar surface area (TPSA) is 67.2 Å². The summed E-state index contributed by atoms with van der Waals surface area (Å²) in [6.07, 6.45) is 8.07. The van der Waals surface area contributed by atoms with Crippen LogP contribution in [0.2, 0.25) is 5.02 Å². The average molecular weight is 563 g/mol. The number of halogens is 2. The van der Waals surface area contributed by atoms with Crippen LogP contribution in [0.4, 0.5) is 10.2 Å². The van der Waals surface area contributed by atoms with Gasteiger partial charge >= 0.3 is 0 Å². The van der Waals surface area contributed by atoms with Crippen LogP contribution in [0, 0.1) is 5.82 Å². The maximum absolute atomic E-state index is 13.7. The first-order valence-electron chi connectivity index (χ1n) is 14.3. The zero-order valence-corrected chi connectivity index (χ0v) is 23.4. The lowest BCUT2D eigenvalue weighted by atomic mass is 9.91. The van der Waals surface area contributed by atoms with Crippen molar-refractivity contribution in [3.8, 4) is 11.1 Å². The summed E-state index contributed by atoms with van der Waals surface area (Å²) in [5, 5.41) is 8.02. The predicted molar refractivity (Wildman–Crippen MR) is 158 cm³/mol. The Kier molecular flexibility index (Phi) is 8.58. The van der Waals surface area contributed by atoms with Crippen molar-refractivity contribution >= 4 is 28.5 Å². The van der Waals surface area contributed by atoms with Crippen LogP contribution in [0.15, 0.2) is 61.1 Å². The van der Waals surface area contributed by atoms with E-state index in [9.17, 15) is 4.39 Å². The van der Waals surface area contributed by atoms with Crippen molar-refractivity contribution in [2.24, 2.45) is 0 Å². The van der Waals surface area contributed by atoms with E-state index in [1.807, 2.05) is 28.8 Å². The standard InChI is InChI=1S/C31H36ClFN6O/c32-28-19-35-31(37-26-7-5-25(6-8-26)34-10-11-38-12-14-40-15-13-38)18-27(28)23-4-9-29-30(17-23)39(21-36-29)20-22-2-1-3-24(33)16-22/h1-4,9,16-19,21,25-26,34H,5-8,10-15,20H2,(H,35,37)/t25-,26-. The van der Waals surface area contributed by atoms with E-state index in [-0.39, 0.29) is 5.82 Å². The Morgan fingerprint density at radius 3 is 2.62 bits per heavy atom. The van der Waals surface area contributed by atoms with Gasteiger partial charge in [0.15, 0.2) is 0 Å². The highest BCUT2D eigenvalue weighted by molar-refractivity contribution is 6.33. The lowest BCUT2D eigenvalue weighted by Gasteiger charge is -2.31. The number of anilines is 1. The number of fused-ring (bicyclic) bond motifs is 1. The van der Waals surface area contributed by atoms with E-state index in [0.717, 1.165) is 98.6 Å². The summed E-state index contributed by atoms with van der Waals surface area (Å²) >= 11 is 6.64. The van der Waals surface area contributed by atoms with E-state index in [1.165, 1.54) is 6.07 Å². The molecule has 1 saturated carbocycles. The molecule has 7 nitrogen and oxygen atoms in total. The van der Waals surface area contributed by atoms with Gasteiger partial charge in [0.2, 0.25) is 0 Å². The van der Waals surface area contributed by atoms with Crippen LogP contribution in [0.3, 0.4) is 0 Å². The van der Waals surface area contributed by atoms with E-state index in [4.69, 9.17) is 16.3 Å². The number of ether oxygens (including phenoxy) is 1. The third-order valence-corrected chi connectivity index (χ3v) is 8.37. The average Bonchev–Trinajstić information content (AvgIpc) is 3.37. The maximum atomic E-state index is 13.7. The van der Waals surface area contributed by atoms with Crippen LogP contribution in [0.25, 0.3) is 22.2 Å². The Balaban J connectivity index is 1.08. The molecule has 0 radical (unpaired) electrons. The van der Waals surface area contributed by atoms with Crippen molar-refractivity contribution in [2.75, 3.05) is 44.7 Å². The minimum Gasteiger partial charge on any atom is -0.379 e. The Hall–Kier alpha value is -3.04. The molecule has 40 heavy (non-hydrogen) atoms. The SMILES string of the molecule is Fc1cccc(Cn2cnc3ccc(-c4cc(N[C@H]5CC[C@H](NCCN6CCOCC6)CC5)ncc4Cl)cc32)c1. The molecule has 2 fully saturated rings. The zero-order chi connectivity index (χ0) is 27.3. The second-order valence-corrected chi connectivity index (χ2v) is 11.3. The van der Waals surface area contributed by atoms with Crippen LogP contribution < -0.4 is 10.6 Å². The monoisotopic (exact) mass is 562 g/mol. The van der Waals surface area contributed by atoms with Gasteiger partial charge in [0, 0.05) is 56.6 Å². The molecule has 1 saturated heterocycles. The number of rotatable bonds is 9. The third-order valence-electron chi connectivity index (χ3n) is 8.07. The van der Waals surface area contributed by atoms with E-state index in [1.54, 1.807) is 24.7 Å². The van der Waals surface area contributed by atoms with Gasteiger partial charge in [0.25, 0.3) is 0 Å². The molecule has 2 N–H and O–H groups in total. The number of morpholine rings is 1. The lowest BCUT2D eigenvalue weighted by Crippen LogP contribution is -2.43. The molecular formula is C31H36ClFN6O. The minimum absolute atomic E-state index is 0.236. The van der Waals surface area contributed by atoms with E-state index in [2.05, 4.69) is 31.6 Å². The highest BCUT2D eigenvalue weighted by Crippen LogP contribution is 2.32. The molecule has 0 bridgehead atoms. The van der Waals surface area contributed by atoms with Crippen molar-refractivity contribution in [1.82, 2.24) is 24.8 Å². The molecule has 2 aromatic carbocycles. The van der Waals surface area contributed by atoms with Crippen molar-refractivity contribution in [3.63, 3.8) is 0 Å². The largest absolute Gasteiger partial charge is 0.379 e. The molecule has 0 unspecified atom stereocenters. The van der Waals surface area contributed by atoms with Gasteiger partial charge < -0.3 is 19.9 Å². The van der Waals surface area contributed by atoms with Gasteiger partial charge in [-0.2, -0.15) is 0 Å². The van der Waals surface area contributed by atoms with Crippen molar-refractivity contribution in [3.05, 3.63) is 77.5 Å². The maximum Gasteiger partial charge on any atom is 0.126 e. The molecule has 2 aromatic heterocycles. The molecule has 0 spiro atoms. The smallest absolute Gasteiger partial charge is 0.126 e. The molecule has 1 aliphatic heterocycles. The number of aromatic nitrogens is 3. The molecule has 1 aliphatic carbocycles. The number of hydrogen-bond acceptors (Lipinski definition) is 6. The number of nitrogens with one attached hydrogen (secondary N) is 2. The van der Waals surface area contributed by atoms with Gasteiger partial charge in [-0.25, -0.2) is 14.4 Å². The van der Waals surface area contributed by atoms with Crippen molar-refractivity contribution < 1.29 is 9.13 Å². The fraction of sp³-hybridized carbons (Fsp3) is 0.419. The van der Waals surface area contributed by atoms with E-state index < -0.39 is 0 Å². The predicted octanol–water partition coefficient (Wildman–Crippen LogP) is 5.58. The van der Waals surface area contributed by atoms with Gasteiger partial charge in [-0.05, 0) is 67.1 Å². The number of nitrogens with zero attached hydrogens (tertiary/aromatic N) is 4. The molecular weight excluding hydrogens is 527 g/mol. The molecule has 2 aliphatic rings. The quantitative estimate of drug-likeness (QED) is 0.277. The van der Waals surface area contributed by atoms with Gasteiger partial charge in [-0.1, -0.05) is 29.8 Å². The van der Waals surface area contributed by atoms with E-state index in [0.29, 0.717) is 23.7 Å². The Bertz CT molecular complexity index is 1430. The van der Waals surface area contributed by atoms with Gasteiger partial charge in [-0.15, -0.1) is 0 Å². The van der Waals surface area contributed by atoms with E-state index >= 15 is 0 Å². The summed E-state index contributed by atoms with van der Waals surface area (Å²) < 4.78 is 21.2. The first-order chi connectivity index (χ1) is 19.6. The number of hydrogen-bond donors (Lipinski definition) is 2. The van der Waals surface area contributed by atoms with Gasteiger partial charge in [0.1, 0.15) is 11.6 Å². The zero-order valence-electron chi connectivity index (χ0n) is 22.7. The summed E-state index contributed by atoms with van der Waals surface area (Å²) in [6.45, 7) is 6.47. The molecule has 6 rings (SSSR count). The first-order valence-corrected chi connectivity index (χ1v) is 14.6. The summed E-state index contributed by atoms with van der Waals surface area (Å²) in [5.41, 5.74) is 4.68. The second kappa shape index (κ2) is 12.6. The summed E-state index contributed by atoms with van der Waals surface area (Å²) in [4.78, 5) is 11.6. The molecule has 210 valence electrons. The lowest BCUT2D eigenvalue weighted by molar-refractivity contribution is 0.0379. The fourth-order valence-corrected chi connectivity index (χ4v) is 6.04. The third kappa shape index (κ3) is 6.63. The Morgan fingerprint density at radius 2 is 1.80 bits per heavy atom. The van der Waals surface area contributed by atoms with Crippen molar-refractivity contribution in [2.45, 2.75) is 44.3 Å². The summed E-state index contributed by atoms with van der Waals surface area (Å²) in [5.74, 6) is 0.608. The van der Waals surface area contributed by atoms with Gasteiger partial charge in [-0.3, -0.25) is 4.90 Å². The van der Waals surface area contributed by atoms with Crippen LogP contribution in [0.1, 0.15) is 31.2 Å². The number of benzene rings is 2. The summed E-state index contributed by atoms with van der Waals surface area (Å²) in [6, 6.07) is 15.8. The summed E-state index contributed by atoms with van der Waals surface area (Å²) in [7, 11) is 0. The fourth-order valence-electron chi connectivity index (χ4n) is 5.82. The van der Waals surface area contributed by atoms with Crippen LogP contribution in [0.5, 0.6) is 0 Å². The number of pyridine rings is 1. The molecule has 4 aromatic rings. The Labute approximate surface area is 239 Å². The van der Waals surface area contributed by atoms with Gasteiger partial charge in [0.05, 0.1) is 35.6 Å². The number of imidazole rings is 1. The van der Waals surface area contributed by atoms with Crippen LogP contribution in [-0.2, 0) is 11.3 Å². The minimum atomic E-state index is -0.236. The second-order valence-electron chi connectivity index (χ2n) is 10.9. The molecule has 0 amide bonds. The first kappa shape index (κ1) is 27.1. The van der Waals surface area contributed by atoms with Crippen LogP contribution >= 0.6 is 11.6 Å². The molecule has 3 heterocycles.